The molecule has 2 N–H and O–H groups in total. The molecule has 1 aliphatic heterocycles. The zero-order valence-corrected chi connectivity index (χ0v) is 11.6. The number of rotatable bonds is 4. The molecule has 5 heteroatoms. The second kappa shape index (κ2) is 5.48. The van der Waals surface area contributed by atoms with Gasteiger partial charge in [0.1, 0.15) is 0 Å². The van der Waals surface area contributed by atoms with Crippen molar-refractivity contribution in [2.24, 2.45) is 5.73 Å². The summed E-state index contributed by atoms with van der Waals surface area (Å²) in [5.74, 6) is 1.39. The molecule has 0 aromatic heterocycles. The number of ether oxygens (including phenoxy) is 2. The molecule has 1 atom stereocenters. The summed E-state index contributed by atoms with van der Waals surface area (Å²) in [5, 5.41) is 0. The smallest absolute Gasteiger partial charge is 0.254 e. The van der Waals surface area contributed by atoms with Gasteiger partial charge in [-0.05, 0) is 24.6 Å². The van der Waals surface area contributed by atoms with E-state index in [9.17, 15) is 4.79 Å². The number of hydrogen-bond donors (Lipinski definition) is 1. The van der Waals surface area contributed by atoms with Crippen molar-refractivity contribution >= 4 is 5.91 Å². The van der Waals surface area contributed by atoms with Gasteiger partial charge in [0.05, 0.1) is 14.2 Å². The molecule has 19 heavy (non-hydrogen) atoms. The van der Waals surface area contributed by atoms with E-state index in [1.165, 1.54) is 0 Å². The van der Waals surface area contributed by atoms with Crippen LogP contribution in [-0.2, 0) is 0 Å². The molecule has 1 heterocycles. The molecule has 104 valence electrons. The van der Waals surface area contributed by atoms with E-state index in [0.29, 0.717) is 36.7 Å². The number of likely N-dealkylation sites (N-methyl/N-ethyl adjacent to an activating group) is 1. The van der Waals surface area contributed by atoms with Crippen molar-refractivity contribution in [3.63, 3.8) is 0 Å². The minimum absolute atomic E-state index is 0.0307. The number of nitrogens with zero attached hydrogens (tertiary/aromatic N) is 1. The van der Waals surface area contributed by atoms with Gasteiger partial charge in [0.2, 0.25) is 0 Å². The number of benzene rings is 1. The van der Waals surface area contributed by atoms with Crippen LogP contribution in [0.25, 0.3) is 0 Å². The molecule has 2 rings (SSSR count). The maximum atomic E-state index is 12.4. The van der Waals surface area contributed by atoms with Crippen LogP contribution in [0.3, 0.4) is 0 Å². The van der Waals surface area contributed by atoms with Gasteiger partial charge in [-0.2, -0.15) is 0 Å². The molecule has 5 nitrogen and oxygen atoms in total. The van der Waals surface area contributed by atoms with Crippen molar-refractivity contribution in [1.29, 1.82) is 0 Å². The summed E-state index contributed by atoms with van der Waals surface area (Å²) in [4.78, 5) is 14.2. The zero-order chi connectivity index (χ0) is 14.0. The van der Waals surface area contributed by atoms with Crippen molar-refractivity contribution in [2.45, 2.75) is 12.8 Å². The summed E-state index contributed by atoms with van der Waals surface area (Å²) >= 11 is 0. The van der Waals surface area contributed by atoms with Gasteiger partial charge in [-0.1, -0.05) is 0 Å². The van der Waals surface area contributed by atoms with Crippen LogP contribution in [0, 0.1) is 0 Å². The Morgan fingerprint density at radius 2 is 1.95 bits per heavy atom. The van der Waals surface area contributed by atoms with Gasteiger partial charge < -0.3 is 20.1 Å². The first-order valence-electron chi connectivity index (χ1n) is 6.41. The molecule has 0 aliphatic carbocycles. The zero-order valence-electron chi connectivity index (χ0n) is 11.6. The lowest BCUT2D eigenvalue weighted by Crippen LogP contribution is -2.41. The Labute approximate surface area is 113 Å². The first kappa shape index (κ1) is 13.7. The fraction of sp³-hybridized carbons (Fsp3) is 0.500. The lowest BCUT2D eigenvalue weighted by atomic mass is 9.88. The standard InChI is InChI=1S/C14H20N2O3/c1-4-16-8-9(7-15)10-5-12(18-2)13(19-3)6-11(10)14(16)17/h5-6,9H,4,7-8,15H2,1-3H3. The first-order valence-corrected chi connectivity index (χ1v) is 6.41. The Bertz CT molecular complexity index is 488. The van der Waals surface area contributed by atoms with Crippen LogP contribution in [0.1, 0.15) is 28.8 Å². The van der Waals surface area contributed by atoms with E-state index in [1.807, 2.05) is 17.9 Å². The third-order valence-corrected chi connectivity index (χ3v) is 3.62. The summed E-state index contributed by atoms with van der Waals surface area (Å²) < 4.78 is 10.6. The number of hydrogen-bond acceptors (Lipinski definition) is 4. The fourth-order valence-electron chi connectivity index (χ4n) is 2.51. The van der Waals surface area contributed by atoms with Crippen LogP contribution in [0.15, 0.2) is 12.1 Å². The van der Waals surface area contributed by atoms with E-state index in [-0.39, 0.29) is 11.8 Å². The van der Waals surface area contributed by atoms with Crippen LogP contribution in [0.5, 0.6) is 11.5 Å². The van der Waals surface area contributed by atoms with Crippen molar-refractivity contribution in [3.05, 3.63) is 23.3 Å². The van der Waals surface area contributed by atoms with Gasteiger partial charge in [0.15, 0.2) is 11.5 Å². The largest absolute Gasteiger partial charge is 0.493 e. The van der Waals surface area contributed by atoms with Gasteiger partial charge in [-0.25, -0.2) is 0 Å². The summed E-state index contributed by atoms with van der Waals surface area (Å²) in [7, 11) is 3.15. The Morgan fingerprint density at radius 3 is 2.47 bits per heavy atom. The Hall–Kier alpha value is -1.75. The predicted octanol–water partition coefficient (Wildman–Crippen LogP) is 1.22. The molecule has 1 aromatic carbocycles. The number of fused-ring (bicyclic) bond motifs is 1. The highest BCUT2D eigenvalue weighted by Gasteiger charge is 2.31. The molecule has 1 amide bonds. The van der Waals surface area contributed by atoms with Crippen LogP contribution >= 0.6 is 0 Å². The minimum Gasteiger partial charge on any atom is -0.493 e. The normalized spacial score (nSPS) is 18.2. The summed E-state index contributed by atoms with van der Waals surface area (Å²) in [6.07, 6.45) is 0. The molecule has 1 aromatic rings. The lowest BCUT2D eigenvalue weighted by molar-refractivity contribution is 0.0732. The fourth-order valence-corrected chi connectivity index (χ4v) is 2.51. The highest BCUT2D eigenvalue weighted by Crippen LogP contribution is 2.36. The van der Waals surface area contributed by atoms with Crippen LogP contribution in [-0.4, -0.2) is 44.7 Å². The highest BCUT2D eigenvalue weighted by molar-refractivity contribution is 5.98. The molecule has 0 radical (unpaired) electrons. The quantitative estimate of drug-likeness (QED) is 0.888. The monoisotopic (exact) mass is 264 g/mol. The third-order valence-electron chi connectivity index (χ3n) is 3.62. The summed E-state index contributed by atoms with van der Waals surface area (Å²) in [6, 6.07) is 3.62. The number of nitrogens with two attached hydrogens (primary N) is 1. The van der Waals surface area contributed by atoms with E-state index in [4.69, 9.17) is 15.2 Å². The lowest BCUT2D eigenvalue weighted by Gasteiger charge is -2.33. The van der Waals surface area contributed by atoms with Crippen molar-refractivity contribution < 1.29 is 14.3 Å². The van der Waals surface area contributed by atoms with E-state index in [2.05, 4.69) is 0 Å². The van der Waals surface area contributed by atoms with E-state index >= 15 is 0 Å². The average Bonchev–Trinajstić information content (AvgIpc) is 2.46. The van der Waals surface area contributed by atoms with Crippen molar-refractivity contribution in [3.8, 4) is 11.5 Å². The average molecular weight is 264 g/mol. The Balaban J connectivity index is 2.56. The maximum Gasteiger partial charge on any atom is 0.254 e. The SMILES string of the molecule is CCN1CC(CN)c2cc(OC)c(OC)cc2C1=O. The molecule has 0 fully saturated rings. The number of methoxy groups -OCH3 is 2. The number of carbonyl (C=O) groups excluding carboxylic acids is 1. The highest BCUT2D eigenvalue weighted by atomic mass is 16.5. The second-order valence-electron chi connectivity index (χ2n) is 4.57. The molecular weight excluding hydrogens is 244 g/mol. The molecule has 0 bridgehead atoms. The van der Waals surface area contributed by atoms with E-state index in [1.54, 1.807) is 20.3 Å². The molecule has 1 unspecified atom stereocenters. The molecule has 0 saturated heterocycles. The van der Waals surface area contributed by atoms with Crippen LogP contribution in [0.4, 0.5) is 0 Å². The van der Waals surface area contributed by atoms with Gasteiger partial charge in [0.25, 0.3) is 5.91 Å². The third kappa shape index (κ3) is 2.26. The minimum atomic E-state index is 0.0307. The maximum absolute atomic E-state index is 12.4. The van der Waals surface area contributed by atoms with Gasteiger partial charge in [0, 0.05) is 31.1 Å². The van der Waals surface area contributed by atoms with E-state index < -0.39 is 0 Å². The summed E-state index contributed by atoms with van der Waals surface area (Å²) in [5.41, 5.74) is 7.45. The molecular formula is C14H20N2O3. The number of carbonyl (C=O) groups is 1. The summed E-state index contributed by atoms with van der Waals surface area (Å²) in [6.45, 7) is 3.82. The topological polar surface area (TPSA) is 64.8 Å². The van der Waals surface area contributed by atoms with Crippen molar-refractivity contribution in [1.82, 2.24) is 4.90 Å². The Kier molecular flexibility index (Phi) is 3.95. The van der Waals surface area contributed by atoms with Crippen molar-refractivity contribution in [2.75, 3.05) is 33.9 Å². The Morgan fingerprint density at radius 1 is 1.32 bits per heavy atom. The van der Waals surface area contributed by atoms with E-state index in [0.717, 1.165) is 5.56 Å². The number of amides is 1. The molecule has 1 aliphatic rings. The first-order chi connectivity index (χ1) is 9.15. The van der Waals surface area contributed by atoms with Gasteiger partial charge in [-0.3, -0.25) is 4.79 Å². The van der Waals surface area contributed by atoms with Gasteiger partial charge in [-0.15, -0.1) is 0 Å². The molecule has 0 saturated carbocycles. The second-order valence-corrected chi connectivity index (χ2v) is 4.57. The molecule has 0 spiro atoms. The van der Waals surface area contributed by atoms with Crippen LogP contribution in [0.2, 0.25) is 0 Å². The predicted molar refractivity (Wildman–Crippen MR) is 72.9 cm³/mol. The van der Waals surface area contributed by atoms with Gasteiger partial charge >= 0.3 is 0 Å². The van der Waals surface area contributed by atoms with Crippen LogP contribution < -0.4 is 15.2 Å².